The Hall–Kier alpha value is -3.47. The van der Waals surface area contributed by atoms with E-state index in [-0.39, 0.29) is 5.91 Å². The summed E-state index contributed by atoms with van der Waals surface area (Å²) in [5, 5.41) is 3.96. The van der Waals surface area contributed by atoms with Crippen LogP contribution in [0.2, 0.25) is 0 Å². The van der Waals surface area contributed by atoms with Gasteiger partial charge in [0.1, 0.15) is 11.5 Å². The van der Waals surface area contributed by atoms with Gasteiger partial charge in [0, 0.05) is 12.4 Å². The number of carbonyl (C=O) groups excluding carboxylic acids is 1. The third-order valence-corrected chi connectivity index (χ3v) is 3.19. The van der Waals surface area contributed by atoms with Gasteiger partial charge in [-0.1, -0.05) is 30.3 Å². The molecule has 24 heavy (non-hydrogen) atoms. The molecule has 3 rings (SSSR count). The van der Waals surface area contributed by atoms with E-state index in [9.17, 15) is 4.79 Å². The highest BCUT2D eigenvalue weighted by atomic mass is 16.5. The fourth-order valence-electron chi connectivity index (χ4n) is 2.03. The molecule has 0 fully saturated rings. The third-order valence-electron chi connectivity index (χ3n) is 3.19. The number of ether oxygens (including phenoxy) is 1. The number of hydrogen-bond donors (Lipinski definition) is 1. The van der Waals surface area contributed by atoms with Gasteiger partial charge in [-0.25, -0.2) is 5.43 Å². The van der Waals surface area contributed by atoms with Gasteiger partial charge in [-0.2, -0.15) is 5.10 Å². The van der Waals surface area contributed by atoms with Crippen molar-refractivity contribution in [2.45, 2.75) is 0 Å². The zero-order valence-corrected chi connectivity index (χ0v) is 12.8. The van der Waals surface area contributed by atoms with Crippen molar-refractivity contribution in [3.05, 3.63) is 90.3 Å². The normalized spacial score (nSPS) is 10.5. The molecule has 3 aromatic rings. The van der Waals surface area contributed by atoms with Crippen LogP contribution in [0.25, 0.3) is 0 Å². The first-order chi connectivity index (χ1) is 11.8. The van der Waals surface area contributed by atoms with Crippen LogP contribution in [0.1, 0.15) is 15.9 Å². The maximum atomic E-state index is 12.3. The van der Waals surface area contributed by atoms with Crippen molar-refractivity contribution in [3.63, 3.8) is 0 Å². The molecule has 0 aliphatic rings. The molecule has 5 heteroatoms. The lowest BCUT2D eigenvalue weighted by Gasteiger charge is -2.09. The smallest absolute Gasteiger partial charge is 0.275 e. The maximum absolute atomic E-state index is 12.3. The predicted molar refractivity (Wildman–Crippen MR) is 92.3 cm³/mol. The Balaban J connectivity index is 1.72. The number of hydrogen-bond acceptors (Lipinski definition) is 4. The molecule has 5 nitrogen and oxygen atoms in total. The van der Waals surface area contributed by atoms with Crippen molar-refractivity contribution in [2.75, 3.05) is 0 Å². The summed E-state index contributed by atoms with van der Waals surface area (Å²) in [6.07, 6.45) is 4.87. The zero-order chi connectivity index (χ0) is 16.6. The largest absolute Gasteiger partial charge is 0.457 e. The molecule has 0 saturated carbocycles. The summed E-state index contributed by atoms with van der Waals surface area (Å²) in [5.74, 6) is 0.796. The second-order valence-electron chi connectivity index (χ2n) is 4.89. The summed E-state index contributed by atoms with van der Waals surface area (Å²) in [6, 6.07) is 19.9. The number of rotatable bonds is 5. The van der Waals surface area contributed by atoms with E-state index in [4.69, 9.17) is 4.74 Å². The van der Waals surface area contributed by atoms with E-state index in [2.05, 4.69) is 15.5 Å². The van der Waals surface area contributed by atoms with Crippen molar-refractivity contribution < 1.29 is 9.53 Å². The van der Waals surface area contributed by atoms with Gasteiger partial charge in [0.05, 0.1) is 11.8 Å². The predicted octanol–water partition coefficient (Wildman–Crippen LogP) is 3.64. The summed E-state index contributed by atoms with van der Waals surface area (Å²) in [4.78, 5) is 16.3. The second kappa shape index (κ2) is 7.69. The molecule has 0 bridgehead atoms. The highest BCUT2D eigenvalue weighted by molar-refractivity contribution is 5.97. The quantitative estimate of drug-likeness (QED) is 0.577. The van der Waals surface area contributed by atoms with Gasteiger partial charge in [0.15, 0.2) is 0 Å². The Bertz CT molecular complexity index is 834. The van der Waals surface area contributed by atoms with Gasteiger partial charge in [0.2, 0.25) is 0 Å². The standard InChI is InChI=1S/C19H15N3O2/c23-19(22-21-14-15-10-12-20-13-11-15)17-8-4-5-9-18(17)24-16-6-2-1-3-7-16/h1-14H,(H,22,23). The van der Waals surface area contributed by atoms with Gasteiger partial charge in [0.25, 0.3) is 5.91 Å². The first kappa shape index (κ1) is 15.4. The van der Waals surface area contributed by atoms with E-state index < -0.39 is 0 Å². The summed E-state index contributed by atoms with van der Waals surface area (Å²) in [6.45, 7) is 0. The molecular weight excluding hydrogens is 302 g/mol. The number of aromatic nitrogens is 1. The van der Waals surface area contributed by atoms with Crippen molar-refractivity contribution in [3.8, 4) is 11.5 Å². The summed E-state index contributed by atoms with van der Waals surface area (Å²) < 4.78 is 5.77. The SMILES string of the molecule is O=C(NN=Cc1ccncc1)c1ccccc1Oc1ccccc1. The van der Waals surface area contributed by atoms with E-state index >= 15 is 0 Å². The van der Waals surface area contributed by atoms with E-state index in [1.54, 1.807) is 48.9 Å². The summed E-state index contributed by atoms with van der Waals surface area (Å²) in [5.41, 5.74) is 3.76. The molecule has 0 aliphatic carbocycles. The summed E-state index contributed by atoms with van der Waals surface area (Å²) in [7, 11) is 0. The topological polar surface area (TPSA) is 63.6 Å². The van der Waals surface area contributed by atoms with Gasteiger partial charge < -0.3 is 4.74 Å². The van der Waals surface area contributed by atoms with Gasteiger partial charge in [-0.05, 0) is 42.0 Å². The molecule has 0 atom stereocenters. The Morgan fingerprint density at radius 2 is 1.67 bits per heavy atom. The minimum absolute atomic E-state index is 0.341. The van der Waals surface area contributed by atoms with Crippen molar-refractivity contribution in [2.24, 2.45) is 5.10 Å². The highest BCUT2D eigenvalue weighted by Gasteiger charge is 2.11. The molecule has 0 spiro atoms. The van der Waals surface area contributed by atoms with Crippen LogP contribution in [0, 0.1) is 0 Å². The van der Waals surface area contributed by atoms with Crippen molar-refractivity contribution in [1.82, 2.24) is 10.4 Å². The number of nitrogens with zero attached hydrogens (tertiary/aromatic N) is 2. The maximum Gasteiger partial charge on any atom is 0.275 e. The number of hydrazone groups is 1. The molecule has 1 N–H and O–H groups in total. The fourth-order valence-corrected chi connectivity index (χ4v) is 2.03. The number of amides is 1. The van der Waals surface area contributed by atoms with Crippen LogP contribution < -0.4 is 10.2 Å². The van der Waals surface area contributed by atoms with Crippen LogP contribution >= 0.6 is 0 Å². The van der Waals surface area contributed by atoms with Crippen LogP contribution in [-0.4, -0.2) is 17.1 Å². The number of benzene rings is 2. The van der Waals surface area contributed by atoms with Crippen LogP contribution in [0.4, 0.5) is 0 Å². The monoisotopic (exact) mass is 317 g/mol. The van der Waals surface area contributed by atoms with E-state index in [1.165, 1.54) is 0 Å². The van der Waals surface area contributed by atoms with Gasteiger partial charge in [-0.15, -0.1) is 0 Å². The zero-order valence-electron chi connectivity index (χ0n) is 12.8. The molecule has 1 aromatic heterocycles. The van der Waals surface area contributed by atoms with Crippen LogP contribution in [0.15, 0.2) is 84.2 Å². The lowest BCUT2D eigenvalue weighted by atomic mass is 10.2. The van der Waals surface area contributed by atoms with E-state index in [0.29, 0.717) is 17.1 Å². The number of carbonyl (C=O) groups is 1. The van der Waals surface area contributed by atoms with Crippen molar-refractivity contribution in [1.29, 1.82) is 0 Å². The molecule has 1 amide bonds. The third kappa shape index (κ3) is 4.04. The number of para-hydroxylation sites is 2. The Kier molecular flexibility index (Phi) is 4.94. The van der Waals surface area contributed by atoms with E-state index in [0.717, 1.165) is 5.56 Å². The number of nitrogens with one attached hydrogen (secondary N) is 1. The van der Waals surface area contributed by atoms with Gasteiger partial charge >= 0.3 is 0 Å². The molecule has 0 aliphatic heterocycles. The van der Waals surface area contributed by atoms with Crippen LogP contribution in [0.5, 0.6) is 11.5 Å². The minimum atomic E-state index is -0.341. The van der Waals surface area contributed by atoms with Crippen LogP contribution in [0.3, 0.4) is 0 Å². The number of pyridine rings is 1. The second-order valence-corrected chi connectivity index (χ2v) is 4.89. The Labute approximate surface area is 139 Å². The highest BCUT2D eigenvalue weighted by Crippen LogP contribution is 2.24. The first-order valence-corrected chi connectivity index (χ1v) is 7.38. The molecular formula is C19H15N3O2. The molecule has 1 heterocycles. The molecule has 2 aromatic carbocycles. The van der Waals surface area contributed by atoms with Crippen LogP contribution in [-0.2, 0) is 0 Å². The average Bonchev–Trinajstić information content (AvgIpc) is 2.64. The van der Waals surface area contributed by atoms with Crippen molar-refractivity contribution >= 4 is 12.1 Å². The van der Waals surface area contributed by atoms with Gasteiger partial charge in [-0.3, -0.25) is 9.78 Å². The Morgan fingerprint density at radius 1 is 0.958 bits per heavy atom. The fraction of sp³-hybridized carbons (Fsp3) is 0. The molecule has 0 saturated heterocycles. The Morgan fingerprint density at radius 3 is 2.46 bits per heavy atom. The van der Waals surface area contributed by atoms with E-state index in [1.807, 2.05) is 36.4 Å². The molecule has 118 valence electrons. The molecule has 0 radical (unpaired) electrons. The molecule has 0 unspecified atom stereocenters. The lowest BCUT2D eigenvalue weighted by molar-refractivity contribution is 0.0953. The summed E-state index contributed by atoms with van der Waals surface area (Å²) >= 11 is 0. The first-order valence-electron chi connectivity index (χ1n) is 7.38. The lowest BCUT2D eigenvalue weighted by Crippen LogP contribution is -2.18. The average molecular weight is 317 g/mol. The minimum Gasteiger partial charge on any atom is -0.457 e.